The van der Waals surface area contributed by atoms with Crippen molar-refractivity contribution >= 4 is 17.4 Å². The molecule has 0 atom stereocenters. The molecule has 0 bridgehead atoms. The van der Waals surface area contributed by atoms with Crippen LogP contribution in [0.3, 0.4) is 0 Å². The van der Waals surface area contributed by atoms with E-state index in [1.54, 1.807) is 12.3 Å². The van der Waals surface area contributed by atoms with Crippen LogP contribution in [0.15, 0.2) is 64.8 Å². The number of hydrogen-bond acceptors (Lipinski definition) is 2. The van der Waals surface area contributed by atoms with Gasteiger partial charge < -0.3 is 4.40 Å². The molecule has 3 aromatic rings. The lowest BCUT2D eigenvalue weighted by atomic mass is 10.2. The Bertz CT molecular complexity index is 716. The summed E-state index contributed by atoms with van der Waals surface area (Å²) in [7, 11) is 0. The summed E-state index contributed by atoms with van der Waals surface area (Å²) in [5.74, 6) is 0. The van der Waals surface area contributed by atoms with Gasteiger partial charge in [0.25, 0.3) is 0 Å². The second-order valence-electron chi connectivity index (χ2n) is 4.17. The van der Waals surface area contributed by atoms with Gasteiger partial charge in [0, 0.05) is 17.3 Å². The fourth-order valence-corrected chi connectivity index (χ4v) is 2.70. The van der Waals surface area contributed by atoms with Crippen molar-refractivity contribution in [3.63, 3.8) is 0 Å². The third-order valence-corrected chi connectivity index (χ3v) is 3.62. The maximum absolute atomic E-state index is 12.6. The Balaban J connectivity index is 1.91. The first kappa shape index (κ1) is 13.1. The Morgan fingerprint density at radius 2 is 1.90 bits per heavy atom. The fraction of sp³-hybridized carbons (Fsp3) is 0.0714. The van der Waals surface area contributed by atoms with E-state index in [0.717, 1.165) is 17.8 Å². The Hall–Kier alpha value is -1.95. The predicted octanol–water partition coefficient (Wildman–Crippen LogP) is 4.50. The first-order valence-corrected chi connectivity index (χ1v) is 6.63. The Morgan fingerprint density at radius 3 is 2.65 bits per heavy atom. The van der Waals surface area contributed by atoms with Crippen molar-refractivity contribution in [1.29, 1.82) is 0 Å². The number of fused-ring (bicyclic) bond motifs is 1. The van der Waals surface area contributed by atoms with Gasteiger partial charge in [-0.2, -0.15) is 13.2 Å². The van der Waals surface area contributed by atoms with E-state index in [9.17, 15) is 13.2 Å². The van der Waals surface area contributed by atoms with Gasteiger partial charge in [0.1, 0.15) is 10.7 Å². The summed E-state index contributed by atoms with van der Waals surface area (Å²) in [5, 5.41) is 0.663. The highest BCUT2D eigenvalue weighted by atomic mass is 32.2. The number of hydrogen-bond donors (Lipinski definition) is 0. The van der Waals surface area contributed by atoms with Gasteiger partial charge in [-0.25, -0.2) is 4.98 Å². The van der Waals surface area contributed by atoms with Crippen LogP contribution in [0.4, 0.5) is 13.2 Å². The van der Waals surface area contributed by atoms with Crippen LogP contribution in [0.2, 0.25) is 0 Å². The van der Waals surface area contributed by atoms with Gasteiger partial charge in [0.2, 0.25) is 0 Å². The molecule has 20 heavy (non-hydrogen) atoms. The largest absolute Gasteiger partial charge is 0.416 e. The molecule has 0 saturated heterocycles. The molecule has 3 rings (SSSR count). The molecule has 0 aliphatic rings. The SMILES string of the molecule is FC(F)(F)c1cccc(Sc2cn3ccccc3n2)c1. The molecule has 0 radical (unpaired) electrons. The molecule has 2 heterocycles. The van der Waals surface area contributed by atoms with E-state index in [2.05, 4.69) is 4.98 Å². The van der Waals surface area contributed by atoms with E-state index in [1.165, 1.54) is 17.8 Å². The zero-order valence-electron chi connectivity index (χ0n) is 10.1. The molecule has 0 saturated carbocycles. The van der Waals surface area contributed by atoms with Gasteiger partial charge in [-0.1, -0.05) is 23.9 Å². The highest BCUT2D eigenvalue weighted by Crippen LogP contribution is 2.34. The molecule has 0 fully saturated rings. The summed E-state index contributed by atoms with van der Waals surface area (Å²) < 4.78 is 39.8. The van der Waals surface area contributed by atoms with Crippen LogP contribution in [0.1, 0.15) is 5.56 Å². The third kappa shape index (κ3) is 2.65. The van der Waals surface area contributed by atoms with Crippen LogP contribution in [0.25, 0.3) is 5.65 Å². The van der Waals surface area contributed by atoms with Crippen LogP contribution in [-0.4, -0.2) is 9.38 Å². The van der Waals surface area contributed by atoms with E-state index in [4.69, 9.17) is 0 Å². The van der Waals surface area contributed by atoms with E-state index < -0.39 is 11.7 Å². The van der Waals surface area contributed by atoms with Crippen molar-refractivity contribution in [3.05, 3.63) is 60.4 Å². The van der Waals surface area contributed by atoms with Crippen molar-refractivity contribution in [1.82, 2.24) is 9.38 Å². The quantitative estimate of drug-likeness (QED) is 0.692. The molecule has 6 heteroatoms. The zero-order chi connectivity index (χ0) is 14.2. The van der Waals surface area contributed by atoms with Crippen LogP contribution < -0.4 is 0 Å². The van der Waals surface area contributed by atoms with Crippen molar-refractivity contribution in [2.24, 2.45) is 0 Å². The predicted molar refractivity (Wildman–Crippen MR) is 70.8 cm³/mol. The number of nitrogens with zero attached hydrogens (tertiary/aromatic N) is 2. The molecule has 0 aliphatic heterocycles. The Kier molecular flexibility index (Phi) is 3.17. The minimum atomic E-state index is -4.32. The third-order valence-electron chi connectivity index (χ3n) is 2.73. The van der Waals surface area contributed by atoms with E-state index >= 15 is 0 Å². The molecular formula is C14H9F3N2S. The standard InChI is InChI=1S/C14H9F3N2S/c15-14(16,17)10-4-3-5-11(8-10)20-13-9-19-7-2-1-6-12(19)18-13/h1-9H. The van der Waals surface area contributed by atoms with E-state index in [1.807, 2.05) is 28.8 Å². The molecule has 0 N–H and O–H groups in total. The smallest absolute Gasteiger partial charge is 0.306 e. The van der Waals surface area contributed by atoms with Gasteiger partial charge in [-0.15, -0.1) is 0 Å². The van der Waals surface area contributed by atoms with Gasteiger partial charge in [0.05, 0.1) is 5.56 Å². The van der Waals surface area contributed by atoms with Crippen LogP contribution in [0, 0.1) is 0 Å². The topological polar surface area (TPSA) is 17.3 Å². The number of halogens is 3. The lowest BCUT2D eigenvalue weighted by Gasteiger charge is -2.07. The number of aromatic nitrogens is 2. The van der Waals surface area contributed by atoms with Crippen molar-refractivity contribution in [3.8, 4) is 0 Å². The summed E-state index contributed by atoms with van der Waals surface area (Å²) in [5.41, 5.74) is 0.119. The van der Waals surface area contributed by atoms with Crippen molar-refractivity contribution in [2.45, 2.75) is 16.1 Å². The van der Waals surface area contributed by atoms with Gasteiger partial charge in [-0.3, -0.25) is 0 Å². The second kappa shape index (κ2) is 4.86. The highest BCUT2D eigenvalue weighted by molar-refractivity contribution is 7.99. The van der Waals surface area contributed by atoms with E-state index in [0.29, 0.717) is 9.92 Å². The number of rotatable bonds is 2. The maximum Gasteiger partial charge on any atom is 0.416 e. The minimum Gasteiger partial charge on any atom is -0.306 e. The Labute approximate surface area is 117 Å². The average molecular weight is 294 g/mol. The molecule has 0 unspecified atom stereocenters. The summed E-state index contributed by atoms with van der Waals surface area (Å²) in [6.07, 6.45) is -0.686. The number of alkyl halides is 3. The lowest BCUT2D eigenvalue weighted by molar-refractivity contribution is -0.137. The number of imidazole rings is 1. The number of pyridine rings is 1. The molecule has 2 nitrogen and oxygen atoms in total. The zero-order valence-corrected chi connectivity index (χ0v) is 10.9. The lowest BCUT2D eigenvalue weighted by Crippen LogP contribution is -2.04. The van der Waals surface area contributed by atoms with Gasteiger partial charge in [0.15, 0.2) is 0 Å². The van der Waals surface area contributed by atoms with Crippen molar-refractivity contribution < 1.29 is 13.2 Å². The fourth-order valence-electron chi connectivity index (χ4n) is 1.82. The summed E-state index contributed by atoms with van der Waals surface area (Å²) in [6, 6.07) is 10.8. The molecule has 102 valence electrons. The molecule has 0 amide bonds. The van der Waals surface area contributed by atoms with Gasteiger partial charge >= 0.3 is 6.18 Å². The summed E-state index contributed by atoms with van der Waals surface area (Å²) in [4.78, 5) is 4.86. The minimum absolute atomic E-state index is 0.517. The van der Waals surface area contributed by atoms with Gasteiger partial charge in [-0.05, 0) is 30.3 Å². The second-order valence-corrected chi connectivity index (χ2v) is 5.27. The molecular weight excluding hydrogens is 285 g/mol. The molecule has 0 aliphatic carbocycles. The molecule has 0 spiro atoms. The summed E-state index contributed by atoms with van der Waals surface area (Å²) >= 11 is 1.21. The first-order chi connectivity index (χ1) is 9.52. The van der Waals surface area contributed by atoms with E-state index in [-0.39, 0.29) is 0 Å². The van der Waals surface area contributed by atoms with Crippen molar-refractivity contribution in [2.75, 3.05) is 0 Å². The summed E-state index contributed by atoms with van der Waals surface area (Å²) in [6.45, 7) is 0. The molecule has 2 aromatic heterocycles. The average Bonchev–Trinajstić information content (AvgIpc) is 2.80. The first-order valence-electron chi connectivity index (χ1n) is 5.81. The van der Waals surface area contributed by atoms with Crippen LogP contribution >= 0.6 is 11.8 Å². The van der Waals surface area contributed by atoms with Crippen LogP contribution in [-0.2, 0) is 6.18 Å². The molecule has 1 aromatic carbocycles. The highest BCUT2D eigenvalue weighted by Gasteiger charge is 2.30. The monoisotopic (exact) mass is 294 g/mol. The normalized spacial score (nSPS) is 11.9. The number of benzene rings is 1. The Morgan fingerprint density at radius 1 is 1.05 bits per heavy atom. The van der Waals surface area contributed by atoms with Crippen LogP contribution in [0.5, 0.6) is 0 Å². The maximum atomic E-state index is 12.6.